The van der Waals surface area contributed by atoms with Gasteiger partial charge in [0.15, 0.2) is 0 Å². The summed E-state index contributed by atoms with van der Waals surface area (Å²) >= 11 is 0. The summed E-state index contributed by atoms with van der Waals surface area (Å²) in [6.45, 7) is 6.88. The highest BCUT2D eigenvalue weighted by Crippen LogP contribution is 2.30. The molecule has 2 unspecified atom stereocenters. The van der Waals surface area contributed by atoms with Crippen molar-refractivity contribution in [2.45, 2.75) is 36.8 Å². The highest BCUT2D eigenvalue weighted by molar-refractivity contribution is 7.89. The topological polar surface area (TPSA) is 75.9 Å². The van der Waals surface area contributed by atoms with Crippen LogP contribution < -0.4 is 10.0 Å². The molecule has 2 atom stereocenters. The summed E-state index contributed by atoms with van der Waals surface area (Å²) in [5, 5.41) is 5.19. The van der Waals surface area contributed by atoms with Gasteiger partial charge in [0.25, 0.3) is 0 Å². The highest BCUT2D eigenvalue weighted by Gasteiger charge is 2.26. The molecule has 0 saturated carbocycles. The Hall–Kier alpha value is -1.93. The molecule has 0 amide bonds. The van der Waals surface area contributed by atoms with Gasteiger partial charge in [0.2, 0.25) is 10.0 Å². The van der Waals surface area contributed by atoms with E-state index in [1.54, 1.807) is 12.1 Å². The number of primary sulfonamides is 1. The molecule has 2 aromatic rings. The molecule has 2 heterocycles. The molecule has 2 aromatic carbocycles. The highest BCUT2D eigenvalue weighted by atomic mass is 32.2. The Morgan fingerprint density at radius 1 is 1.10 bits per heavy atom. The van der Waals surface area contributed by atoms with E-state index < -0.39 is 10.0 Å². The van der Waals surface area contributed by atoms with E-state index >= 15 is 0 Å². The fraction of sp³-hybridized carbons (Fsp3) is 0.455. The molecule has 1 saturated heterocycles. The van der Waals surface area contributed by atoms with Crippen LogP contribution in [0.1, 0.15) is 30.6 Å². The van der Waals surface area contributed by atoms with Gasteiger partial charge >= 0.3 is 0 Å². The first kappa shape index (κ1) is 20.3. The molecule has 2 aliphatic rings. The second-order valence-electron chi connectivity index (χ2n) is 7.97. The first-order valence-electron chi connectivity index (χ1n) is 10.2. The summed E-state index contributed by atoms with van der Waals surface area (Å²) in [5.74, 6) is 0. The van der Waals surface area contributed by atoms with Crippen LogP contribution in [0.2, 0.25) is 0 Å². The molecule has 0 aromatic heterocycles. The molecular weight excluding hydrogens is 386 g/mol. The second kappa shape index (κ2) is 8.44. The van der Waals surface area contributed by atoms with Crippen LogP contribution in [0.15, 0.2) is 53.4 Å². The van der Waals surface area contributed by atoms with Crippen molar-refractivity contribution < 1.29 is 13.2 Å². The maximum Gasteiger partial charge on any atom is 0.238 e. The smallest absolute Gasteiger partial charge is 0.238 e. The lowest BCUT2D eigenvalue weighted by Crippen LogP contribution is -2.52. The first-order valence-corrected chi connectivity index (χ1v) is 11.8. The molecule has 2 N–H and O–H groups in total. The predicted molar refractivity (Wildman–Crippen MR) is 115 cm³/mol. The Kier molecular flexibility index (Phi) is 5.92. The van der Waals surface area contributed by atoms with Crippen LogP contribution >= 0.6 is 0 Å². The summed E-state index contributed by atoms with van der Waals surface area (Å²) in [5.41, 5.74) is 3.80. The summed E-state index contributed by atoms with van der Waals surface area (Å²) < 4.78 is 28.9. The maximum atomic E-state index is 11.4. The summed E-state index contributed by atoms with van der Waals surface area (Å²) in [6.07, 6.45) is 2.20. The SMILES string of the molecule is CC1CN(c2ccc(S(N)(=O)=O)cc2)CCN1CCC1OCCc2ccccc21. The number of nitrogens with two attached hydrogens (primary N) is 1. The van der Waals surface area contributed by atoms with E-state index in [1.807, 2.05) is 12.1 Å². The minimum Gasteiger partial charge on any atom is -0.373 e. The number of rotatable bonds is 5. The van der Waals surface area contributed by atoms with Crippen molar-refractivity contribution in [2.24, 2.45) is 5.14 Å². The number of hydrogen-bond donors (Lipinski definition) is 1. The van der Waals surface area contributed by atoms with Crippen molar-refractivity contribution in [1.82, 2.24) is 4.90 Å². The van der Waals surface area contributed by atoms with Crippen LogP contribution in [-0.2, 0) is 21.2 Å². The number of benzene rings is 2. The normalized spacial score (nSPS) is 23.0. The van der Waals surface area contributed by atoms with Crippen LogP contribution in [0.25, 0.3) is 0 Å². The summed E-state index contributed by atoms with van der Waals surface area (Å²) in [6, 6.07) is 15.9. The number of hydrogen-bond acceptors (Lipinski definition) is 5. The Bertz CT molecular complexity index is 946. The molecular formula is C22H29N3O3S. The lowest BCUT2D eigenvalue weighted by Gasteiger charge is -2.41. The number of ether oxygens (including phenoxy) is 1. The lowest BCUT2D eigenvalue weighted by atomic mass is 9.95. The van der Waals surface area contributed by atoms with Crippen LogP contribution in [0.5, 0.6) is 0 Å². The van der Waals surface area contributed by atoms with E-state index in [2.05, 4.69) is 41.0 Å². The average Bonchev–Trinajstić information content (AvgIpc) is 2.72. The van der Waals surface area contributed by atoms with Gasteiger partial charge in [-0.3, -0.25) is 4.90 Å². The standard InChI is InChI=1S/C22H29N3O3S/c1-17-16-25(19-6-8-20(9-7-19)29(23,26)27)14-13-24(17)12-10-22-21-5-3-2-4-18(21)11-15-28-22/h2-9,17,22H,10-16H2,1H3,(H2,23,26,27). The third-order valence-corrected chi connectivity index (χ3v) is 7.00. The van der Waals surface area contributed by atoms with E-state index in [4.69, 9.17) is 9.88 Å². The average molecular weight is 416 g/mol. The fourth-order valence-corrected chi connectivity index (χ4v) is 4.92. The lowest BCUT2D eigenvalue weighted by molar-refractivity contribution is 0.0255. The summed E-state index contributed by atoms with van der Waals surface area (Å²) in [7, 11) is -3.65. The van der Waals surface area contributed by atoms with E-state index in [0.717, 1.165) is 51.3 Å². The van der Waals surface area contributed by atoms with Crippen molar-refractivity contribution in [3.05, 3.63) is 59.7 Å². The van der Waals surface area contributed by atoms with Gasteiger partial charge in [-0.1, -0.05) is 24.3 Å². The molecule has 1 fully saturated rings. The minimum absolute atomic E-state index is 0.153. The van der Waals surface area contributed by atoms with Gasteiger partial charge < -0.3 is 9.64 Å². The summed E-state index contributed by atoms with van der Waals surface area (Å²) in [4.78, 5) is 4.98. The molecule has 29 heavy (non-hydrogen) atoms. The fourth-order valence-electron chi connectivity index (χ4n) is 4.41. The molecule has 2 aliphatic heterocycles. The van der Waals surface area contributed by atoms with E-state index in [9.17, 15) is 8.42 Å². The molecule has 0 bridgehead atoms. The third kappa shape index (κ3) is 4.64. The van der Waals surface area contributed by atoms with E-state index in [0.29, 0.717) is 6.04 Å². The quantitative estimate of drug-likeness (QED) is 0.812. The van der Waals surface area contributed by atoms with E-state index in [-0.39, 0.29) is 11.0 Å². The van der Waals surface area contributed by atoms with Crippen LogP contribution in [0.3, 0.4) is 0 Å². The van der Waals surface area contributed by atoms with E-state index in [1.165, 1.54) is 11.1 Å². The van der Waals surface area contributed by atoms with Gasteiger partial charge in [0.05, 0.1) is 17.6 Å². The van der Waals surface area contributed by atoms with Crippen molar-refractivity contribution in [2.75, 3.05) is 37.7 Å². The molecule has 7 heteroatoms. The van der Waals surface area contributed by atoms with Crippen molar-refractivity contribution in [1.29, 1.82) is 0 Å². The van der Waals surface area contributed by atoms with Gasteiger partial charge in [-0.25, -0.2) is 13.6 Å². The van der Waals surface area contributed by atoms with Crippen molar-refractivity contribution in [3.63, 3.8) is 0 Å². The van der Waals surface area contributed by atoms with Crippen LogP contribution in [0.4, 0.5) is 5.69 Å². The zero-order valence-electron chi connectivity index (χ0n) is 16.8. The Balaban J connectivity index is 1.34. The molecule has 0 aliphatic carbocycles. The molecule has 4 rings (SSSR count). The minimum atomic E-state index is -3.65. The third-order valence-electron chi connectivity index (χ3n) is 6.07. The first-order chi connectivity index (χ1) is 13.9. The van der Waals surface area contributed by atoms with Gasteiger partial charge in [-0.15, -0.1) is 0 Å². The van der Waals surface area contributed by atoms with Gasteiger partial charge in [0, 0.05) is 37.9 Å². The number of piperazine rings is 1. The Morgan fingerprint density at radius 2 is 1.86 bits per heavy atom. The zero-order valence-corrected chi connectivity index (χ0v) is 17.6. The monoisotopic (exact) mass is 415 g/mol. The van der Waals surface area contributed by atoms with Crippen molar-refractivity contribution in [3.8, 4) is 0 Å². The Labute approximate surface area is 173 Å². The molecule has 0 spiro atoms. The molecule has 6 nitrogen and oxygen atoms in total. The largest absolute Gasteiger partial charge is 0.373 e. The second-order valence-corrected chi connectivity index (χ2v) is 9.53. The predicted octanol–water partition coefficient (Wildman–Crippen LogP) is 2.55. The maximum absolute atomic E-state index is 11.4. The van der Waals surface area contributed by atoms with Crippen LogP contribution in [-0.4, -0.2) is 52.1 Å². The van der Waals surface area contributed by atoms with Gasteiger partial charge in [-0.05, 0) is 55.2 Å². The van der Waals surface area contributed by atoms with Gasteiger partial charge in [-0.2, -0.15) is 0 Å². The number of sulfonamides is 1. The van der Waals surface area contributed by atoms with Crippen LogP contribution in [0, 0.1) is 0 Å². The van der Waals surface area contributed by atoms with Gasteiger partial charge in [0.1, 0.15) is 0 Å². The molecule has 156 valence electrons. The Morgan fingerprint density at radius 3 is 2.59 bits per heavy atom. The number of fused-ring (bicyclic) bond motifs is 1. The number of nitrogens with zero attached hydrogens (tertiary/aromatic N) is 2. The molecule has 0 radical (unpaired) electrons. The van der Waals surface area contributed by atoms with Crippen molar-refractivity contribution >= 4 is 15.7 Å². The zero-order chi connectivity index (χ0) is 20.4. The number of anilines is 1.